The Hall–Kier alpha value is -3.15. The van der Waals surface area contributed by atoms with E-state index in [-0.39, 0.29) is 31.1 Å². The summed E-state index contributed by atoms with van der Waals surface area (Å²) in [4.78, 5) is 37.9. The molecular weight excluding hydrogens is 757 g/mol. The molecule has 0 spiro atoms. The molecule has 0 amide bonds. The zero-order valence-corrected chi connectivity index (χ0v) is 39.9. The molecule has 0 radical (unpaired) electrons. The minimum Gasteiger partial charge on any atom is -0.462 e. The lowest BCUT2D eigenvalue weighted by molar-refractivity contribution is -0.167. The molecule has 0 bridgehead atoms. The van der Waals surface area contributed by atoms with Crippen LogP contribution in [-0.4, -0.2) is 37.2 Å². The van der Waals surface area contributed by atoms with Crippen LogP contribution in [0.3, 0.4) is 0 Å². The summed E-state index contributed by atoms with van der Waals surface area (Å²) >= 11 is 0. The van der Waals surface area contributed by atoms with Gasteiger partial charge < -0.3 is 14.2 Å². The second-order valence-electron chi connectivity index (χ2n) is 16.7. The highest BCUT2D eigenvalue weighted by Gasteiger charge is 2.19. The van der Waals surface area contributed by atoms with E-state index in [4.69, 9.17) is 14.2 Å². The van der Waals surface area contributed by atoms with Crippen LogP contribution in [0.25, 0.3) is 0 Å². The molecule has 0 fully saturated rings. The smallest absolute Gasteiger partial charge is 0.306 e. The molecule has 0 aromatic carbocycles. The Balaban J connectivity index is 4.41. The molecule has 0 heterocycles. The van der Waals surface area contributed by atoms with Gasteiger partial charge in [-0.05, 0) is 103 Å². The number of allylic oxidation sites excluding steroid dienone is 12. The van der Waals surface area contributed by atoms with Crippen molar-refractivity contribution in [2.75, 3.05) is 13.2 Å². The third kappa shape index (κ3) is 47.7. The van der Waals surface area contributed by atoms with Crippen LogP contribution in [0.5, 0.6) is 0 Å². The Morgan fingerprint density at radius 1 is 0.344 bits per heavy atom. The number of rotatable bonds is 45. The minimum atomic E-state index is -0.789. The van der Waals surface area contributed by atoms with Crippen LogP contribution in [0.15, 0.2) is 72.9 Å². The van der Waals surface area contributed by atoms with E-state index < -0.39 is 6.10 Å². The van der Waals surface area contributed by atoms with E-state index in [9.17, 15) is 14.4 Å². The van der Waals surface area contributed by atoms with Crippen LogP contribution in [-0.2, 0) is 28.6 Å². The summed E-state index contributed by atoms with van der Waals surface area (Å²) in [6.07, 6.45) is 61.6. The highest BCUT2D eigenvalue weighted by Crippen LogP contribution is 2.14. The van der Waals surface area contributed by atoms with Gasteiger partial charge in [0.25, 0.3) is 0 Å². The largest absolute Gasteiger partial charge is 0.462 e. The molecule has 0 aliphatic heterocycles. The zero-order chi connectivity index (χ0) is 44.4. The fourth-order valence-corrected chi connectivity index (χ4v) is 6.84. The maximum atomic E-state index is 12.8. The molecule has 0 aliphatic carbocycles. The number of esters is 3. The van der Waals surface area contributed by atoms with Crippen molar-refractivity contribution in [2.45, 2.75) is 245 Å². The van der Waals surface area contributed by atoms with Gasteiger partial charge in [0.05, 0.1) is 0 Å². The number of hydrogen-bond donors (Lipinski definition) is 0. The third-order valence-corrected chi connectivity index (χ3v) is 10.6. The van der Waals surface area contributed by atoms with E-state index in [2.05, 4.69) is 93.7 Å². The second kappa shape index (κ2) is 49.5. The first-order chi connectivity index (χ1) is 30.0. The van der Waals surface area contributed by atoms with Crippen molar-refractivity contribution in [2.24, 2.45) is 0 Å². The Morgan fingerprint density at radius 2 is 0.672 bits per heavy atom. The van der Waals surface area contributed by atoms with Gasteiger partial charge in [0.1, 0.15) is 13.2 Å². The SMILES string of the molecule is CC/C=C\C/C=C\C/C=C\CCCCCCCCCC(=O)OCC(COC(=O)CCCCCCC/C=C\CCCCCC)OC(=O)CCCCCCC/C=C\C/C=C\CCC. The first-order valence-electron chi connectivity index (χ1n) is 25.4. The van der Waals surface area contributed by atoms with Gasteiger partial charge in [-0.1, -0.05) is 190 Å². The molecular formula is C55H94O6. The molecule has 0 saturated heterocycles. The van der Waals surface area contributed by atoms with Crippen molar-refractivity contribution in [1.29, 1.82) is 0 Å². The number of unbranched alkanes of at least 4 members (excludes halogenated alkanes) is 22. The van der Waals surface area contributed by atoms with Gasteiger partial charge in [0.15, 0.2) is 6.10 Å². The Bertz CT molecular complexity index is 1160. The highest BCUT2D eigenvalue weighted by atomic mass is 16.6. The number of carbonyl (C=O) groups is 3. The fraction of sp³-hybridized carbons (Fsp3) is 0.727. The summed E-state index contributed by atoms with van der Waals surface area (Å²) < 4.78 is 16.8. The van der Waals surface area contributed by atoms with E-state index in [0.717, 1.165) is 122 Å². The molecule has 6 nitrogen and oxygen atoms in total. The second-order valence-corrected chi connectivity index (χ2v) is 16.7. The Labute approximate surface area is 376 Å². The lowest BCUT2D eigenvalue weighted by atomic mass is 10.1. The van der Waals surface area contributed by atoms with Gasteiger partial charge in [0, 0.05) is 19.3 Å². The van der Waals surface area contributed by atoms with Crippen LogP contribution in [0, 0.1) is 0 Å². The van der Waals surface area contributed by atoms with Crippen molar-refractivity contribution in [3.63, 3.8) is 0 Å². The Morgan fingerprint density at radius 3 is 1.08 bits per heavy atom. The lowest BCUT2D eigenvalue weighted by Crippen LogP contribution is -2.30. The van der Waals surface area contributed by atoms with E-state index >= 15 is 0 Å². The monoisotopic (exact) mass is 851 g/mol. The Kier molecular flexibility index (Phi) is 46.9. The zero-order valence-electron chi connectivity index (χ0n) is 39.9. The standard InChI is InChI=1S/C55H94O6/c1-4-7-10-13-16-19-22-25-26-27-28-31-33-36-39-42-45-48-54(57)60-51-52(61-55(58)49-46-43-40-37-34-30-24-21-18-15-12-9-6-3)50-59-53(56)47-44-41-38-35-32-29-23-20-17-14-11-8-5-2/h7,10,12,15-16,19-21,23-26,52H,4-6,8-9,11,13-14,17-18,22,27-51H2,1-3H3/b10-7-,15-12-,19-16-,23-20-,24-21-,26-25-. The average molecular weight is 851 g/mol. The molecule has 0 rings (SSSR count). The summed E-state index contributed by atoms with van der Waals surface area (Å²) in [5.74, 6) is -0.921. The lowest BCUT2D eigenvalue weighted by Gasteiger charge is -2.18. The number of ether oxygens (including phenoxy) is 3. The maximum absolute atomic E-state index is 12.8. The fourth-order valence-electron chi connectivity index (χ4n) is 6.84. The molecule has 0 aliphatic rings. The summed E-state index contributed by atoms with van der Waals surface area (Å²) in [5, 5.41) is 0. The highest BCUT2D eigenvalue weighted by molar-refractivity contribution is 5.71. The summed E-state index contributed by atoms with van der Waals surface area (Å²) in [7, 11) is 0. The third-order valence-electron chi connectivity index (χ3n) is 10.6. The van der Waals surface area contributed by atoms with E-state index in [1.165, 1.54) is 77.0 Å². The predicted octanol–water partition coefficient (Wildman–Crippen LogP) is 16.6. The van der Waals surface area contributed by atoms with Gasteiger partial charge >= 0.3 is 17.9 Å². The predicted molar refractivity (Wildman–Crippen MR) is 261 cm³/mol. The molecule has 0 saturated carbocycles. The minimum absolute atomic E-state index is 0.0890. The van der Waals surface area contributed by atoms with Gasteiger partial charge in [-0.2, -0.15) is 0 Å². The average Bonchev–Trinajstić information content (AvgIpc) is 3.26. The molecule has 61 heavy (non-hydrogen) atoms. The molecule has 0 aromatic rings. The van der Waals surface area contributed by atoms with Crippen molar-refractivity contribution in [1.82, 2.24) is 0 Å². The van der Waals surface area contributed by atoms with Crippen LogP contribution < -0.4 is 0 Å². The summed E-state index contributed by atoms with van der Waals surface area (Å²) in [5.41, 5.74) is 0. The summed E-state index contributed by atoms with van der Waals surface area (Å²) in [6.45, 7) is 6.42. The van der Waals surface area contributed by atoms with E-state index in [1.807, 2.05) is 0 Å². The first-order valence-corrected chi connectivity index (χ1v) is 25.4. The molecule has 1 atom stereocenters. The number of hydrogen-bond acceptors (Lipinski definition) is 6. The van der Waals surface area contributed by atoms with Crippen molar-refractivity contribution in [3.05, 3.63) is 72.9 Å². The van der Waals surface area contributed by atoms with Crippen LogP contribution in [0.2, 0.25) is 0 Å². The van der Waals surface area contributed by atoms with Crippen molar-refractivity contribution < 1.29 is 28.6 Å². The van der Waals surface area contributed by atoms with Crippen LogP contribution >= 0.6 is 0 Å². The van der Waals surface area contributed by atoms with E-state index in [1.54, 1.807) is 0 Å². The normalized spacial score (nSPS) is 12.6. The van der Waals surface area contributed by atoms with Gasteiger partial charge in [-0.25, -0.2) is 0 Å². The van der Waals surface area contributed by atoms with E-state index in [0.29, 0.717) is 19.3 Å². The van der Waals surface area contributed by atoms with Gasteiger partial charge in [-0.3, -0.25) is 14.4 Å². The summed E-state index contributed by atoms with van der Waals surface area (Å²) in [6, 6.07) is 0. The van der Waals surface area contributed by atoms with Crippen LogP contribution in [0.1, 0.15) is 239 Å². The topological polar surface area (TPSA) is 78.9 Å². The molecule has 1 unspecified atom stereocenters. The van der Waals surface area contributed by atoms with Crippen molar-refractivity contribution in [3.8, 4) is 0 Å². The number of carbonyl (C=O) groups excluding carboxylic acids is 3. The van der Waals surface area contributed by atoms with Gasteiger partial charge in [-0.15, -0.1) is 0 Å². The quantitative estimate of drug-likeness (QED) is 0.0263. The molecule has 0 N–H and O–H groups in total. The maximum Gasteiger partial charge on any atom is 0.306 e. The molecule has 350 valence electrons. The van der Waals surface area contributed by atoms with Gasteiger partial charge in [0.2, 0.25) is 0 Å². The first kappa shape index (κ1) is 57.9. The molecule has 6 heteroatoms. The van der Waals surface area contributed by atoms with Crippen molar-refractivity contribution >= 4 is 17.9 Å². The van der Waals surface area contributed by atoms with Crippen LogP contribution in [0.4, 0.5) is 0 Å². The molecule has 0 aromatic heterocycles.